The Morgan fingerprint density at radius 3 is 2.30 bits per heavy atom. The lowest BCUT2D eigenvalue weighted by molar-refractivity contribution is -0.124. The summed E-state index contributed by atoms with van der Waals surface area (Å²) in [6, 6.07) is 3.76. The second kappa shape index (κ2) is 15.3. The van der Waals surface area contributed by atoms with Crippen LogP contribution in [0, 0.1) is 13.8 Å². The SMILES string of the molecule is CCCCCCCCCC1=NC2(CCN(S(=O)(=O)CCc3c(C)cc(OCCC(O)CO)cc3C)CC2)C(=O)N1. The summed E-state index contributed by atoms with van der Waals surface area (Å²) < 4.78 is 33.7. The van der Waals surface area contributed by atoms with Gasteiger partial charge in [-0.1, -0.05) is 45.4 Å². The number of aliphatic imine (C=N–C) groups is 1. The van der Waals surface area contributed by atoms with Gasteiger partial charge in [0.15, 0.2) is 0 Å². The molecule has 1 fully saturated rings. The number of amides is 1. The highest BCUT2D eigenvalue weighted by Crippen LogP contribution is 2.32. The third-order valence-corrected chi connectivity index (χ3v) is 10.1. The summed E-state index contributed by atoms with van der Waals surface area (Å²) in [5.41, 5.74) is 2.07. The van der Waals surface area contributed by atoms with Crippen molar-refractivity contribution in [1.29, 1.82) is 0 Å². The van der Waals surface area contributed by atoms with E-state index in [1.54, 1.807) is 0 Å². The number of amidine groups is 1. The van der Waals surface area contributed by atoms with Crippen molar-refractivity contribution in [2.75, 3.05) is 32.1 Å². The molecule has 0 aliphatic carbocycles. The zero-order valence-electron chi connectivity index (χ0n) is 24.6. The number of unbranched alkanes of at least 4 members (excludes halogenated alkanes) is 6. The van der Waals surface area contributed by atoms with Gasteiger partial charge in [-0.3, -0.25) is 9.79 Å². The predicted octanol–water partition coefficient (Wildman–Crippen LogP) is 3.80. The fraction of sp³-hybridized carbons (Fsp3) is 0.733. The van der Waals surface area contributed by atoms with Gasteiger partial charge >= 0.3 is 0 Å². The van der Waals surface area contributed by atoms with Gasteiger partial charge in [-0.25, -0.2) is 12.7 Å². The minimum absolute atomic E-state index is 0.00352. The number of aliphatic hydroxyl groups excluding tert-OH is 2. The van der Waals surface area contributed by atoms with E-state index in [0.29, 0.717) is 44.5 Å². The molecule has 2 aliphatic heterocycles. The molecule has 1 atom stereocenters. The molecule has 0 bridgehead atoms. The number of carbonyl (C=O) groups is 1. The predicted molar refractivity (Wildman–Crippen MR) is 158 cm³/mol. The zero-order valence-corrected chi connectivity index (χ0v) is 25.4. The van der Waals surface area contributed by atoms with Crippen LogP contribution >= 0.6 is 0 Å². The first-order valence-electron chi connectivity index (χ1n) is 15.0. The van der Waals surface area contributed by atoms with Crippen molar-refractivity contribution < 1.29 is 28.2 Å². The molecule has 3 rings (SSSR count). The topological polar surface area (TPSA) is 129 Å². The summed E-state index contributed by atoms with van der Waals surface area (Å²) in [7, 11) is -3.49. The summed E-state index contributed by atoms with van der Waals surface area (Å²) in [5.74, 6) is 1.35. The van der Waals surface area contributed by atoms with Gasteiger partial charge in [0.25, 0.3) is 5.91 Å². The number of hydrogen-bond donors (Lipinski definition) is 3. The summed E-state index contributed by atoms with van der Waals surface area (Å²) in [4.78, 5) is 17.6. The number of ether oxygens (including phenoxy) is 1. The molecule has 0 saturated carbocycles. The average molecular weight is 580 g/mol. The lowest BCUT2D eigenvalue weighted by Gasteiger charge is -2.34. The maximum atomic E-state index is 13.2. The lowest BCUT2D eigenvalue weighted by atomic mass is 9.89. The van der Waals surface area contributed by atoms with Gasteiger partial charge in [0, 0.05) is 25.9 Å². The number of sulfonamides is 1. The smallest absolute Gasteiger partial charge is 0.253 e. The molecule has 1 aromatic rings. The van der Waals surface area contributed by atoms with E-state index in [1.807, 2.05) is 26.0 Å². The van der Waals surface area contributed by atoms with E-state index in [0.717, 1.165) is 41.8 Å². The minimum Gasteiger partial charge on any atom is -0.493 e. The zero-order chi connectivity index (χ0) is 29.2. The third-order valence-electron chi connectivity index (χ3n) is 8.20. The van der Waals surface area contributed by atoms with Crippen molar-refractivity contribution in [2.24, 2.45) is 4.99 Å². The van der Waals surface area contributed by atoms with Crippen LogP contribution in [0.1, 0.15) is 94.2 Å². The van der Waals surface area contributed by atoms with E-state index in [9.17, 15) is 18.3 Å². The fourth-order valence-corrected chi connectivity index (χ4v) is 7.08. The number of rotatable bonds is 17. The average Bonchev–Trinajstić information content (AvgIpc) is 3.21. The van der Waals surface area contributed by atoms with Gasteiger partial charge in [0.05, 0.1) is 25.1 Å². The second-order valence-corrected chi connectivity index (χ2v) is 13.5. The molecule has 226 valence electrons. The number of hydrogen-bond acceptors (Lipinski definition) is 7. The van der Waals surface area contributed by atoms with Gasteiger partial charge in [0.1, 0.15) is 17.1 Å². The van der Waals surface area contributed by atoms with Gasteiger partial charge in [0.2, 0.25) is 10.0 Å². The maximum Gasteiger partial charge on any atom is 0.253 e. The van der Waals surface area contributed by atoms with Crippen molar-refractivity contribution in [3.05, 3.63) is 28.8 Å². The summed E-state index contributed by atoms with van der Waals surface area (Å²) in [5, 5.41) is 21.4. The first-order valence-corrected chi connectivity index (χ1v) is 16.6. The fourth-order valence-electron chi connectivity index (χ4n) is 5.62. The standard InChI is InChI=1S/C30H49N3O6S/c1-4-5-6-7-8-9-10-11-28-31-29(36)30(32-28)14-16-33(17-15-30)40(37,38)19-13-27-23(2)20-26(21-24(27)3)39-18-12-25(35)22-34/h20-21,25,34-35H,4-19,22H2,1-3H3,(H,31,32,36). The quantitative estimate of drug-likeness (QED) is 0.241. The van der Waals surface area contributed by atoms with E-state index in [1.165, 1.54) is 36.4 Å². The summed E-state index contributed by atoms with van der Waals surface area (Å²) >= 11 is 0. The molecule has 3 N–H and O–H groups in total. The van der Waals surface area contributed by atoms with E-state index in [4.69, 9.17) is 14.8 Å². The van der Waals surface area contributed by atoms with Crippen LogP contribution in [0.2, 0.25) is 0 Å². The van der Waals surface area contributed by atoms with Gasteiger partial charge in [-0.05, 0) is 68.4 Å². The first kappa shape index (κ1) is 32.5. The van der Waals surface area contributed by atoms with E-state index in [2.05, 4.69) is 12.2 Å². The Morgan fingerprint density at radius 1 is 1.05 bits per heavy atom. The molecule has 1 aromatic carbocycles. The monoisotopic (exact) mass is 579 g/mol. The van der Waals surface area contributed by atoms with Crippen LogP contribution in [0.3, 0.4) is 0 Å². The van der Waals surface area contributed by atoms with Crippen LogP contribution < -0.4 is 10.1 Å². The normalized spacial score (nSPS) is 18.1. The van der Waals surface area contributed by atoms with E-state index < -0.39 is 21.7 Å². The van der Waals surface area contributed by atoms with Crippen LogP contribution in [-0.4, -0.2) is 78.4 Å². The molecule has 0 aromatic heterocycles. The molecule has 1 saturated heterocycles. The molecule has 10 heteroatoms. The number of aryl methyl sites for hydroxylation is 2. The highest BCUT2D eigenvalue weighted by Gasteiger charge is 2.47. The van der Waals surface area contributed by atoms with Crippen LogP contribution in [0.25, 0.3) is 0 Å². The molecule has 2 heterocycles. The van der Waals surface area contributed by atoms with Crippen molar-refractivity contribution >= 4 is 21.8 Å². The Kier molecular flexibility index (Phi) is 12.4. The van der Waals surface area contributed by atoms with E-state index >= 15 is 0 Å². The van der Waals surface area contributed by atoms with Crippen molar-refractivity contribution in [2.45, 2.75) is 109 Å². The minimum atomic E-state index is -3.49. The van der Waals surface area contributed by atoms with Crippen molar-refractivity contribution in [3.8, 4) is 5.75 Å². The molecule has 0 radical (unpaired) electrons. The van der Waals surface area contributed by atoms with Crippen LogP contribution in [0.5, 0.6) is 5.75 Å². The van der Waals surface area contributed by atoms with Crippen LogP contribution in [-0.2, 0) is 21.2 Å². The lowest BCUT2D eigenvalue weighted by Crippen LogP contribution is -2.50. The molecule has 9 nitrogen and oxygen atoms in total. The van der Waals surface area contributed by atoms with Crippen LogP contribution in [0.4, 0.5) is 0 Å². The van der Waals surface area contributed by atoms with E-state index in [-0.39, 0.29) is 24.9 Å². The Morgan fingerprint density at radius 2 is 1.68 bits per heavy atom. The summed E-state index contributed by atoms with van der Waals surface area (Å²) in [6.07, 6.45) is 9.97. The number of benzene rings is 1. The second-order valence-electron chi connectivity index (χ2n) is 11.4. The third kappa shape index (κ3) is 8.99. The molecule has 1 spiro atoms. The number of nitrogens with one attached hydrogen (secondary N) is 1. The number of piperidine rings is 1. The highest BCUT2D eigenvalue weighted by molar-refractivity contribution is 7.89. The Balaban J connectivity index is 1.48. The van der Waals surface area contributed by atoms with Crippen LogP contribution in [0.15, 0.2) is 17.1 Å². The first-order chi connectivity index (χ1) is 19.1. The Bertz CT molecular complexity index is 1090. The molecule has 1 unspecified atom stereocenters. The van der Waals surface area contributed by atoms with Gasteiger partial charge < -0.3 is 20.3 Å². The maximum absolute atomic E-state index is 13.2. The number of carbonyl (C=O) groups excluding carboxylic acids is 1. The van der Waals surface area contributed by atoms with Crippen molar-refractivity contribution in [3.63, 3.8) is 0 Å². The number of nitrogens with zero attached hydrogens (tertiary/aromatic N) is 2. The molecular weight excluding hydrogens is 530 g/mol. The molecule has 1 amide bonds. The Labute approximate surface area is 240 Å². The van der Waals surface area contributed by atoms with Crippen molar-refractivity contribution in [1.82, 2.24) is 9.62 Å². The molecular formula is C30H49N3O6S. The molecule has 2 aliphatic rings. The van der Waals surface area contributed by atoms with Gasteiger partial charge in [-0.2, -0.15) is 0 Å². The summed E-state index contributed by atoms with van der Waals surface area (Å²) in [6.45, 7) is 6.68. The number of aliphatic hydroxyl groups is 2. The Hall–Kier alpha value is -2.01. The molecule has 40 heavy (non-hydrogen) atoms. The highest BCUT2D eigenvalue weighted by atomic mass is 32.2. The largest absolute Gasteiger partial charge is 0.493 e. The van der Waals surface area contributed by atoms with Gasteiger partial charge in [-0.15, -0.1) is 0 Å².